The van der Waals surface area contributed by atoms with Crippen LogP contribution in [0.1, 0.15) is 31.4 Å². The summed E-state index contributed by atoms with van der Waals surface area (Å²) in [5.41, 5.74) is 17.6. The zero-order valence-electron chi connectivity index (χ0n) is 13.9. The van der Waals surface area contributed by atoms with Gasteiger partial charge in [0.25, 0.3) is 0 Å². The standard InChI is InChI=1S/C18H25N5O/c1-12(14-9-4-7-13-6-2-3-8-15(13)14)23-17(24)16(19)10-5-11-22-18(20)21/h2-4,6-9,12,16H,5,10-11,19H2,1H3,(H,23,24)(H4,20,21,22)/t12?,16-/m1/s1. The van der Waals surface area contributed by atoms with E-state index in [1.165, 1.54) is 0 Å². The minimum atomic E-state index is -0.573. The number of nitrogens with zero attached hydrogens (tertiary/aromatic N) is 1. The first kappa shape index (κ1) is 17.7. The first-order valence-electron chi connectivity index (χ1n) is 8.08. The van der Waals surface area contributed by atoms with Gasteiger partial charge in [-0.25, -0.2) is 0 Å². The van der Waals surface area contributed by atoms with Crippen LogP contribution in [0, 0.1) is 0 Å². The molecule has 2 rings (SSSR count). The summed E-state index contributed by atoms with van der Waals surface area (Å²) in [5.74, 6) is -0.113. The van der Waals surface area contributed by atoms with Crippen molar-refractivity contribution in [3.8, 4) is 0 Å². The Morgan fingerprint density at radius 1 is 1.17 bits per heavy atom. The second-order valence-corrected chi connectivity index (χ2v) is 5.85. The van der Waals surface area contributed by atoms with Gasteiger partial charge in [-0.2, -0.15) is 0 Å². The van der Waals surface area contributed by atoms with Gasteiger partial charge >= 0.3 is 0 Å². The van der Waals surface area contributed by atoms with Crippen molar-refractivity contribution in [2.45, 2.75) is 31.8 Å². The maximum absolute atomic E-state index is 12.3. The van der Waals surface area contributed by atoms with E-state index < -0.39 is 6.04 Å². The lowest BCUT2D eigenvalue weighted by Gasteiger charge is -2.19. The normalized spacial score (nSPS) is 13.2. The SMILES string of the molecule is CC(NC(=O)[C@H](N)CCCN=C(N)N)c1cccc2ccccc12. The molecule has 2 aromatic carbocycles. The predicted octanol–water partition coefficient (Wildman–Crippen LogP) is 1.40. The van der Waals surface area contributed by atoms with Crippen LogP contribution in [0.4, 0.5) is 0 Å². The van der Waals surface area contributed by atoms with Gasteiger partial charge in [-0.1, -0.05) is 42.5 Å². The van der Waals surface area contributed by atoms with Gasteiger partial charge in [0.2, 0.25) is 5.91 Å². The number of nitrogens with one attached hydrogen (secondary N) is 1. The van der Waals surface area contributed by atoms with Gasteiger partial charge in [-0.3, -0.25) is 9.79 Å². The molecule has 24 heavy (non-hydrogen) atoms. The van der Waals surface area contributed by atoms with Crippen molar-refractivity contribution < 1.29 is 4.79 Å². The van der Waals surface area contributed by atoms with Gasteiger partial charge < -0.3 is 22.5 Å². The zero-order chi connectivity index (χ0) is 17.5. The number of benzene rings is 2. The third kappa shape index (κ3) is 4.70. The molecule has 128 valence electrons. The fourth-order valence-corrected chi connectivity index (χ4v) is 2.68. The highest BCUT2D eigenvalue weighted by Crippen LogP contribution is 2.24. The Morgan fingerprint density at radius 3 is 2.62 bits per heavy atom. The second kappa shape index (κ2) is 8.31. The molecule has 0 fully saturated rings. The summed E-state index contributed by atoms with van der Waals surface area (Å²) >= 11 is 0. The predicted molar refractivity (Wildman–Crippen MR) is 98.4 cm³/mol. The van der Waals surface area contributed by atoms with Crippen molar-refractivity contribution in [2.24, 2.45) is 22.2 Å². The molecule has 0 saturated heterocycles. The quantitative estimate of drug-likeness (QED) is 0.349. The average molecular weight is 327 g/mol. The lowest BCUT2D eigenvalue weighted by atomic mass is 9.99. The third-order valence-electron chi connectivity index (χ3n) is 3.95. The van der Waals surface area contributed by atoms with Crippen molar-refractivity contribution in [2.75, 3.05) is 6.54 Å². The molecule has 2 atom stereocenters. The highest BCUT2D eigenvalue weighted by Gasteiger charge is 2.17. The first-order valence-corrected chi connectivity index (χ1v) is 8.08. The van der Waals surface area contributed by atoms with E-state index >= 15 is 0 Å². The number of guanidine groups is 1. The Bertz CT molecular complexity index is 719. The number of nitrogens with two attached hydrogens (primary N) is 3. The number of aliphatic imine (C=N–C) groups is 1. The van der Waals surface area contributed by atoms with E-state index in [0.29, 0.717) is 19.4 Å². The van der Waals surface area contributed by atoms with Gasteiger partial charge in [0.15, 0.2) is 5.96 Å². The van der Waals surface area contributed by atoms with Crippen LogP contribution in [0.25, 0.3) is 10.8 Å². The fourth-order valence-electron chi connectivity index (χ4n) is 2.68. The van der Waals surface area contributed by atoms with Crippen molar-refractivity contribution >= 4 is 22.6 Å². The van der Waals surface area contributed by atoms with Crippen LogP contribution >= 0.6 is 0 Å². The molecule has 0 radical (unpaired) electrons. The molecule has 0 saturated carbocycles. The molecule has 0 heterocycles. The van der Waals surface area contributed by atoms with Crippen molar-refractivity contribution in [1.29, 1.82) is 0 Å². The Labute approximate surface area is 142 Å². The lowest BCUT2D eigenvalue weighted by molar-refractivity contribution is -0.123. The summed E-state index contributed by atoms with van der Waals surface area (Å²) < 4.78 is 0. The van der Waals surface area contributed by atoms with Crippen LogP contribution in [0.5, 0.6) is 0 Å². The Morgan fingerprint density at radius 2 is 1.88 bits per heavy atom. The molecule has 0 aliphatic rings. The van der Waals surface area contributed by atoms with E-state index in [1.807, 2.05) is 31.2 Å². The Hall–Kier alpha value is -2.60. The molecule has 0 aliphatic heterocycles. The van der Waals surface area contributed by atoms with Crippen molar-refractivity contribution in [3.05, 3.63) is 48.0 Å². The van der Waals surface area contributed by atoms with Crippen molar-refractivity contribution in [1.82, 2.24) is 5.32 Å². The summed E-state index contributed by atoms with van der Waals surface area (Å²) in [6, 6.07) is 13.5. The van der Waals surface area contributed by atoms with Crippen LogP contribution in [0.2, 0.25) is 0 Å². The molecule has 0 spiro atoms. The van der Waals surface area contributed by atoms with Crippen LogP contribution < -0.4 is 22.5 Å². The van der Waals surface area contributed by atoms with E-state index in [4.69, 9.17) is 17.2 Å². The third-order valence-corrected chi connectivity index (χ3v) is 3.95. The fraction of sp³-hybridized carbons (Fsp3) is 0.333. The minimum Gasteiger partial charge on any atom is -0.370 e. The molecule has 1 unspecified atom stereocenters. The number of amides is 1. The number of hydrogen-bond acceptors (Lipinski definition) is 3. The van der Waals surface area contributed by atoms with Crippen molar-refractivity contribution in [3.63, 3.8) is 0 Å². The second-order valence-electron chi connectivity index (χ2n) is 5.85. The summed E-state index contributed by atoms with van der Waals surface area (Å²) in [4.78, 5) is 16.2. The van der Waals surface area contributed by atoms with Gasteiger partial charge in [0.05, 0.1) is 12.1 Å². The Balaban J connectivity index is 1.96. The molecule has 0 aliphatic carbocycles. The maximum atomic E-state index is 12.3. The number of fused-ring (bicyclic) bond motifs is 1. The van der Waals surface area contributed by atoms with Crippen LogP contribution in [0.15, 0.2) is 47.5 Å². The molecule has 6 heteroatoms. The lowest BCUT2D eigenvalue weighted by Crippen LogP contribution is -2.41. The van der Waals surface area contributed by atoms with Crippen LogP contribution in [0.3, 0.4) is 0 Å². The van der Waals surface area contributed by atoms with E-state index in [-0.39, 0.29) is 17.9 Å². The molecule has 7 N–H and O–H groups in total. The van der Waals surface area contributed by atoms with Gasteiger partial charge in [-0.15, -0.1) is 0 Å². The molecule has 0 aromatic heterocycles. The number of hydrogen-bond donors (Lipinski definition) is 4. The monoisotopic (exact) mass is 327 g/mol. The van der Waals surface area contributed by atoms with E-state index in [1.54, 1.807) is 0 Å². The van der Waals surface area contributed by atoms with Gasteiger partial charge in [-0.05, 0) is 36.1 Å². The molecule has 6 nitrogen and oxygen atoms in total. The molecular weight excluding hydrogens is 302 g/mol. The van der Waals surface area contributed by atoms with Crippen LogP contribution in [-0.4, -0.2) is 24.5 Å². The summed E-state index contributed by atoms with van der Waals surface area (Å²) in [5, 5.41) is 5.27. The highest BCUT2D eigenvalue weighted by atomic mass is 16.2. The summed E-state index contributed by atoms with van der Waals surface area (Å²) in [7, 11) is 0. The molecular formula is C18H25N5O. The zero-order valence-corrected chi connectivity index (χ0v) is 13.9. The van der Waals surface area contributed by atoms with E-state index in [9.17, 15) is 4.79 Å². The summed E-state index contributed by atoms with van der Waals surface area (Å²) in [6.45, 7) is 2.44. The van der Waals surface area contributed by atoms with Gasteiger partial charge in [0, 0.05) is 6.54 Å². The topological polar surface area (TPSA) is 120 Å². The minimum absolute atomic E-state index is 0.0533. The number of carbonyl (C=O) groups excluding carboxylic acids is 1. The number of carbonyl (C=O) groups is 1. The number of rotatable bonds is 7. The molecule has 1 amide bonds. The largest absolute Gasteiger partial charge is 0.370 e. The average Bonchev–Trinajstić information content (AvgIpc) is 2.57. The Kier molecular flexibility index (Phi) is 6.14. The highest BCUT2D eigenvalue weighted by molar-refractivity contribution is 5.87. The molecule has 0 bridgehead atoms. The van der Waals surface area contributed by atoms with Gasteiger partial charge in [0.1, 0.15) is 0 Å². The molecule has 2 aromatic rings. The summed E-state index contributed by atoms with van der Waals surface area (Å²) in [6.07, 6.45) is 1.19. The van der Waals surface area contributed by atoms with E-state index in [2.05, 4.69) is 28.5 Å². The van der Waals surface area contributed by atoms with Crippen LogP contribution in [-0.2, 0) is 4.79 Å². The first-order chi connectivity index (χ1) is 11.5. The van der Waals surface area contributed by atoms with E-state index in [0.717, 1.165) is 16.3 Å². The smallest absolute Gasteiger partial charge is 0.237 e. The maximum Gasteiger partial charge on any atom is 0.237 e.